The smallest absolute Gasteiger partial charge is 0.356 e. The number of carbonyl (C=O) groups excluding carboxylic acids is 3. The summed E-state index contributed by atoms with van der Waals surface area (Å²) in [5.74, 6) is -1.80. The molecule has 2 aliphatic rings. The fourth-order valence-corrected chi connectivity index (χ4v) is 9.17. The van der Waals surface area contributed by atoms with E-state index in [2.05, 4.69) is 10.3 Å². The molecule has 0 aliphatic carbocycles. The highest BCUT2D eigenvalue weighted by atomic mass is 32.2. The summed E-state index contributed by atoms with van der Waals surface area (Å²) >= 11 is 5.59. The number of carbonyl (C=O) groups is 4. The molecule has 0 radical (unpaired) electrons. The summed E-state index contributed by atoms with van der Waals surface area (Å²) in [4.78, 5) is 58.2. The van der Waals surface area contributed by atoms with Crippen molar-refractivity contribution in [3.05, 3.63) is 116 Å². The molecule has 4 aromatic rings. The maximum atomic E-state index is 14.1. The summed E-state index contributed by atoms with van der Waals surface area (Å²) in [5.41, 5.74) is 3.23. The molecule has 0 unspecified atom stereocenters. The first-order valence-electron chi connectivity index (χ1n) is 14.0. The number of aryl methyl sites for hydroxylation is 1. The quantitative estimate of drug-likeness (QED) is 0.148. The van der Waals surface area contributed by atoms with E-state index in [1.54, 1.807) is 5.38 Å². The Morgan fingerprint density at radius 3 is 2.40 bits per heavy atom. The molecule has 0 bridgehead atoms. The lowest BCUT2D eigenvalue weighted by atomic mass is 10.0. The lowest BCUT2D eigenvalue weighted by Crippen LogP contribution is -2.70. The average Bonchev–Trinajstić information content (AvgIpc) is 3.74. The molecule has 230 valence electrons. The number of esters is 1. The lowest BCUT2D eigenvalue weighted by molar-refractivity contribution is -0.154. The van der Waals surface area contributed by atoms with Gasteiger partial charge in [-0.05, 0) is 33.5 Å². The monoisotopic (exact) mass is 677 g/mol. The lowest BCUT2D eigenvalue weighted by Gasteiger charge is -2.49. The molecule has 6 rings (SSSR count). The molecule has 2 aromatic heterocycles. The zero-order valence-corrected chi connectivity index (χ0v) is 26.9. The number of thioether (sulfide) groups is 2. The van der Waals surface area contributed by atoms with Crippen LogP contribution in [-0.4, -0.2) is 55.9 Å². The van der Waals surface area contributed by atoms with Crippen LogP contribution in [0, 0.1) is 0 Å². The number of hydrogen-bond donors (Lipinski definition) is 2. The predicted molar refractivity (Wildman–Crippen MR) is 175 cm³/mol. The Hall–Kier alpha value is -3.91. The first-order chi connectivity index (χ1) is 21.9. The van der Waals surface area contributed by atoms with E-state index in [1.165, 1.54) is 51.1 Å². The van der Waals surface area contributed by atoms with Gasteiger partial charge in [0.2, 0.25) is 5.91 Å². The van der Waals surface area contributed by atoms with E-state index in [0.29, 0.717) is 27.1 Å². The molecule has 2 amide bonds. The fourth-order valence-electron chi connectivity index (χ4n) is 5.00. The average molecular weight is 678 g/mol. The van der Waals surface area contributed by atoms with Gasteiger partial charge in [0, 0.05) is 22.5 Å². The third-order valence-corrected chi connectivity index (χ3v) is 11.4. The van der Waals surface area contributed by atoms with Crippen molar-refractivity contribution < 1.29 is 29.0 Å². The Balaban J connectivity index is 1.28. The summed E-state index contributed by atoms with van der Waals surface area (Å²) in [5, 5.41) is 17.0. The van der Waals surface area contributed by atoms with Gasteiger partial charge in [-0.2, -0.15) is 11.3 Å². The van der Waals surface area contributed by atoms with Crippen LogP contribution in [0.3, 0.4) is 0 Å². The van der Waals surface area contributed by atoms with Crippen molar-refractivity contribution in [3.63, 3.8) is 0 Å². The van der Waals surface area contributed by atoms with Crippen LogP contribution in [0.15, 0.2) is 97.8 Å². The summed E-state index contributed by atoms with van der Waals surface area (Å²) in [6.07, 6.45) is -0.287. The zero-order valence-electron chi connectivity index (χ0n) is 23.7. The van der Waals surface area contributed by atoms with Gasteiger partial charge in [0.15, 0.2) is 10.4 Å². The van der Waals surface area contributed by atoms with Gasteiger partial charge in [0.05, 0.1) is 18.5 Å². The highest BCUT2D eigenvalue weighted by Crippen LogP contribution is 2.46. The van der Waals surface area contributed by atoms with E-state index >= 15 is 0 Å². The number of thiophene rings is 1. The summed E-state index contributed by atoms with van der Waals surface area (Å²) in [7, 11) is 0. The normalized spacial score (nSPS) is 17.5. The second-order valence-electron chi connectivity index (χ2n) is 10.2. The second-order valence-corrected chi connectivity index (χ2v) is 14.3. The topological polar surface area (TPSA) is 126 Å². The first-order valence-corrected chi connectivity index (χ1v) is 17.7. The number of carboxylic acid groups (broad SMARTS) is 1. The highest BCUT2D eigenvalue weighted by molar-refractivity contribution is 8.07. The Kier molecular flexibility index (Phi) is 9.69. The summed E-state index contributed by atoms with van der Waals surface area (Å²) in [6.45, 7) is 0. The molecular weight excluding hydrogens is 651 g/mol. The highest BCUT2D eigenvalue weighted by Gasteiger charge is 2.55. The Morgan fingerprint density at radius 1 is 1.04 bits per heavy atom. The number of aromatic nitrogens is 1. The molecule has 2 aliphatic heterocycles. The van der Waals surface area contributed by atoms with Crippen LogP contribution in [0.1, 0.15) is 34.9 Å². The van der Waals surface area contributed by atoms with Gasteiger partial charge in [-0.1, -0.05) is 72.4 Å². The number of benzene rings is 2. The minimum atomic E-state index is -0.903. The largest absolute Gasteiger partial charge is 0.481 e. The van der Waals surface area contributed by atoms with Gasteiger partial charge in [-0.25, -0.2) is 9.78 Å². The van der Waals surface area contributed by atoms with Crippen molar-refractivity contribution in [1.82, 2.24) is 15.2 Å². The van der Waals surface area contributed by atoms with Crippen LogP contribution in [-0.2, 0) is 36.8 Å². The van der Waals surface area contributed by atoms with Crippen LogP contribution < -0.4 is 5.32 Å². The van der Waals surface area contributed by atoms with Crippen LogP contribution >= 0.6 is 46.2 Å². The number of ether oxygens (including phenoxy) is 1. The van der Waals surface area contributed by atoms with Crippen LogP contribution in [0.4, 0.5) is 0 Å². The number of thiazole rings is 1. The van der Waals surface area contributed by atoms with Gasteiger partial charge in [-0.15, -0.1) is 23.1 Å². The van der Waals surface area contributed by atoms with E-state index in [-0.39, 0.29) is 30.4 Å². The van der Waals surface area contributed by atoms with Crippen LogP contribution in [0.25, 0.3) is 0 Å². The Labute approximate surface area is 275 Å². The number of fused-ring (bicyclic) bond motifs is 1. The van der Waals surface area contributed by atoms with E-state index in [1.807, 2.05) is 77.5 Å². The second kappa shape index (κ2) is 14.0. The van der Waals surface area contributed by atoms with Gasteiger partial charge in [0.1, 0.15) is 17.1 Å². The molecule has 9 nitrogen and oxygen atoms in total. The third-order valence-electron chi connectivity index (χ3n) is 7.15. The Morgan fingerprint density at radius 2 is 1.76 bits per heavy atom. The van der Waals surface area contributed by atoms with Crippen molar-refractivity contribution in [2.45, 2.75) is 41.1 Å². The predicted octanol–water partition coefficient (Wildman–Crippen LogP) is 5.50. The number of carboxylic acids is 1. The molecule has 0 saturated carbocycles. The number of nitrogens with zero attached hydrogens (tertiary/aromatic N) is 2. The van der Waals surface area contributed by atoms with E-state index < -0.39 is 29.5 Å². The molecule has 0 spiro atoms. The maximum Gasteiger partial charge on any atom is 0.356 e. The molecule has 2 N–H and O–H groups in total. The minimum Gasteiger partial charge on any atom is -0.481 e. The minimum absolute atomic E-state index is 0.0339. The molecule has 2 atom stereocenters. The van der Waals surface area contributed by atoms with Crippen molar-refractivity contribution in [2.24, 2.45) is 0 Å². The molecule has 2 aromatic carbocycles. The third kappa shape index (κ3) is 7.17. The molecule has 45 heavy (non-hydrogen) atoms. The van der Waals surface area contributed by atoms with E-state index in [4.69, 9.17) is 9.84 Å². The standard InChI is InChI=1S/C32H27N3O6S4/c36-24(15-19-13-14-42-16-19)34-26-29(39)35-27(23(18-43-30(26)35)45-32-33-22(17-44-32)11-12-25(37)38)31(40)41-28(20-7-3-1-4-8-20)21-9-5-2-6-10-21/h1-10,13-14,16-17,26,28,30H,11-12,15,18H2,(H,34,36)(H,37,38)/t26-,30-/m1/s1. The maximum absolute atomic E-state index is 14.1. The fraction of sp³-hybridized carbons (Fsp3) is 0.219. The van der Waals surface area contributed by atoms with Crippen molar-refractivity contribution in [1.29, 1.82) is 0 Å². The van der Waals surface area contributed by atoms with Gasteiger partial charge < -0.3 is 15.2 Å². The number of β-lactam (4-membered cyclic amide) rings is 1. The first kappa shape index (κ1) is 31.1. The molecular formula is C32H27N3O6S4. The van der Waals surface area contributed by atoms with Crippen LogP contribution in [0.2, 0.25) is 0 Å². The zero-order chi connectivity index (χ0) is 31.3. The molecule has 4 heterocycles. The summed E-state index contributed by atoms with van der Waals surface area (Å²) in [6, 6.07) is 19.9. The van der Waals surface area contributed by atoms with Gasteiger partial charge >= 0.3 is 11.9 Å². The van der Waals surface area contributed by atoms with E-state index in [9.17, 15) is 19.2 Å². The van der Waals surface area contributed by atoms with Crippen molar-refractivity contribution in [2.75, 3.05) is 5.75 Å². The van der Waals surface area contributed by atoms with E-state index in [0.717, 1.165) is 16.7 Å². The SMILES string of the molecule is O=C(O)CCc1csc(SC2=C(C(=O)OC(c3ccccc3)c3ccccc3)N3C(=O)[C@@H](NC(=O)Cc4ccsc4)[C@H]3SC2)n1. The number of amides is 2. The number of nitrogens with one attached hydrogen (secondary N) is 1. The van der Waals surface area contributed by atoms with Gasteiger partial charge in [-0.3, -0.25) is 19.3 Å². The molecule has 1 saturated heterocycles. The number of hydrogen-bond acceptors (Lipinski definition) is 10. The Bertz CT molecular complexity index is 1690. The number of aliphatic carboxylic acids is 1. The molecule has 1 fully saturated rings. The van der Waals surface area contributed by atoms with Crippen molar-refractivity contribution >= 4 is 70.0 Å². The molecule has 13 heteroatoms. The van der Waals surface area contributed by atoms with Crippen molar-refractivity contribution in [3.8, 4) is 0 Å². The number of rotatable bonds is 12. The van der Waals surface area contributed by atoms with Crippen LogP contribution in [0.5, 0.6) is 0 Å². The summed E-state index contributed by atoms with van der Waals surface area (Å²) < 4.78 is 6.84. The van der Waals surface area contributed by atoms with Gasteiger partial charge in [0.25, 0.3) is 5.91 Å².